The summed E-state index contributed by atoms with van der Waals surface area (Å²) < 4.78 is 0. The van der Waals surface area contributed by atoms with Gasteiger partial charge in [0.2, 0.25) is 0 Å². The first-order valence-electron chi connectivity index (χ1n) is 4.49. The lowest BCUT2D eigenvalue weighted by molar-refractivity contribution is 0.248. The van der Waals surface area contributed by atoms with Crippen molar-refractivity contribution in [3.05, 3.63) is 0 Å². The average molecular weight is 141 g/mol. The van der Waals surface area contributed by atoms with E-state index < -0.39 is 0 Å². The zero-order valence-electron chi connectivity index (χ0n) is 7.43. The molecular weight excluding hydrogens is 122 g/mol. The third-order valence-electron chi connectivity index (χ3n) is 2.78. The van der Waals surface area contributed by atoms with Crippen LogP contribution in [0.4, 0.5) is 0 Å². The van der Waals surface area contributed by atoms with E-state index in [2.05, 4.69) is 25.7 Å². The molecular formula is C9H19N. The van der Waals surface area contributed by atoms with E-state index in [0.29, 0.717) is 0 Å². The third kappa shape index (κ3) is 1.51. The highest BCUT2D eigenvalue weighted by Gasteiger charge is 2.25. The molecule has 1 nitrogen and oxygen atoms in total. The van der Waals surface area contributed by atoms with Crippen molar-refractivity contribution >= 4 is 0 Å². The van der Waals surface area contributed by atoms with Gasteiger partial charge >= 0.3 is 0 Å². The van der Waals surface area contributed by atoms with Gasteiger partial charge in [-0.1, -0.05) is 13.8 Å². The summed E-state index contributed by atoms with van der Waals surface area (Å²) in [6.45, 7) is 9.60. The minimum Gasteiger partial charge on any atom is -0.300 e. The molecule has 0 amide bonds. The van der Waals surface area contributed by atoms with Gasteiger partial charge < -0.3 is 4.90 Å². The summed E-state index contributed by atoms with van der Waals surface area (Å²) in [5.74, 6) is 0.923. The van der Waals surface area contributed by atoms with Gasteiger partial charge in [0.25, 0.3) is 0 Å². The summed E-state index contributed by atoms with van der Waals surface area (Å²) in [6, 6.07) is 0.833. The van der Waals surface area contributed by atoms with Crippen LogP contribution in [0.5, 0.6) is 0 Å². The van der Waals surface area contributed by atoms with Crippen molar-refractivity contribution in [1.29, 1.82) is 0 Å². The van der Waals surface area contributed by atoms with E-state index in [9.17, 15) is 0 Å². The van der Waals surface area contributed by atoms with Crippen LogP contribution in [0.2, 0.25) is 0 Å². The molecule has 0 aliphatic carbocycles. The number of rotatable bonds is 2. The van der Waals surface area contributed by atoms with Crippen LogP contribution >= 0.6 is 0 Å². The summed E-state index contributed by atoms with van der Waals surface area (Å²) in [7, 11) is 0. The summed E-state index contributed by atoms with van der Waals surface area (Å²) in [5, 5.41) is 0. The van der Waals surface area contributed by atoms with Gasteiger partial charge in [0.1, 0.15) is 0 Å². The van der Waals surface area contributed by atoms with Crippen LogP contribution in [0.3, 0.4) is 0 Å². The Kier molecular flexibility index (Phi) is 2.72. The molecule has 1 rings (SSSR count). The van der Waals surface area contributed by atoms with Crippen LogP contribution in [0.25, 0.3) is 0 Å². The van der Waals surface area contributed by atoms with E-state index in [4.69, 9.17) is 0 Å². The van der Waals surface area contributed by atoms with Gasteiger partial charge in [-0.3, -0.25) is 0 Å². The second-order valence-electron chi connectivity index (χ2n) is 3.54. The molecule has 60 valence electrons. The molecule has 0 aromatic carbocycles. The van der Waals surface area contributed by atoms with Gasteiger partial charge in [-0.25, -0.2) is 0 Å². The Morgan fingerprint density at radius 3 is 2.50 bits per heavy atom. The van der Waals surface area contributed by atoms with Crippen LogP contribution < -0.4 is 0 Å². The molecule has 2 atom stereocenters. The Balaban J connectivity index is 2.33. The molecule has 1 aliphatic heterocycles. The number of nitrogens with zero attached hydrogens (tertiary/aromatic N) is 1. The van der Waals surface area contributed by atoms with Gasteiger partial charge in [0, 0.05) is 6.04 Å². The fraction of sp³-hybridized carbons (Fsp3) is 1.00. The monoisotopic (exact) mass is 141 g/mol. The zero-order valence-corrected chi connectivity index (χ0v) is 7.43. The molecule has 0 N–H and O–H groups in total. The molecule has 0 aromatic heterocycles. The van der Waals surface area contributed by atoms with Gasteiger partial charge in [0.05, 0.1) is 0 Å². The SMILES string of the molecule is CCCN1CCC(C)C1C. The van der Waals surface area contributed by atoms with Crippen LogP contribution in [-0.4, -0.2) is 24.0 Å². The van der Waals surface area contributed by atoms with E-state index in [1.807, 2.05) is 0 Å². The molecule has 1 fully saturated rings. The molecule has 2 unspecified atom stereocenters. The fourth-order valence-corrected chi connectivity index (χ4v) is 1.78. The molecule has 1 heteroatoms. The Hall–Kier alpha value is -0.0400. The van der Waals surface area contributed by atoms with Crippen LogP contribution in [0.15, 0.2) is 0 Å². The maximum absolute atomic E-state index is 2.60. The van der Waals surface area contributed by atoms with E-state index in [1.54, 1.807) is 0 Å². The van der Waals surface area contributed by atoms with Crippen molar-refractivity contribution in [2.75, 3.05) is 13.1 Å². The lowest BCUT2D eigenvalue weighted by Gasteiger charge is -2.21. The van der Waals surface area contributed by atoms with Crippen molar-refractivity contribution in [2.45, 2.75) is 39.7 Å². The first-order valence-corrected chi connectivity index (χ1v) is 4.49. The Morgan fingerprint density at radius 2 is 2.10 bits per heavy atom. The molecule has 10 heavy (non-hydrogen) atoms. The van der Waals surface area contributed by atoms with Crippen molar-refractivity contribution in [3.8, 4) is 0 Å². The van der Waals surface area contributed by atoms with Crippen molar-refractivity contribution in [3.63, 3.8) is 0 Å². The molecule has 0 aromatic rings. The highest BCUT2D eigenvalue weighted by Crippen LogP contribution is 2.22. The lowest BCUT2D eigenvalue weighted by atomic mass is 10.1. The van der Waals surface area contributed by atoms with Gasteiger partial charge in [-0.15, -0.1) is 0 Å². The molecule has 0 radical (unpaired) electrons. The van der Waals surface area contributed by atoms with Crippen molar-refractivity contribution < 1.29 is 0 Å². The molecule has 1 heterocycles. The first-order chi connectivity index (χ1) is 4.75. The van der Waals surface area contributed by atoms with Gasteiger partial charge in [-0.05, 0) is 38.8 Å². The molecule has 1 aliphatic rings. The average Bonchev–Trinajstić information content (AvgIpc) is 2.20. The predicted octanol–water partition coefficient (Wildman–Crippen LogP) is 2.13. The second kappa shape index (κ2) is 3.38. The fourth-order valence-electron chi connectivity index (χ4n) is 1.78. The van der Waals surface area contributed by atoms with Crippen LogP contribution in [0.1, 0.15) is 33.6 Å². The lowest BCUT2D eigenvalue weighted by Crippen LogP contribution is -2.29. The third-order valence-corrected chi connectivity index (χ3v) is 2.78. The smallest absolute Gasteiger partial charge is 0.00930 e. The topological polar surface area (TPSA) is 3.24 Å². The van der Waals surface area contributed by atoms with Gasteiger partial charge in [0.15, 0.2) is 0 Å². The van der Waals surface area contributed by atoms with E-state index >= 15 is 0 Å². The summed E-state index contributed by atoms with van der Waals surface area (Å²) in [4.78, 5) is 2.60. The standard InChI is InChI=1S/C9H19N/c1-4-6-10-7-5-8(2)9(10)3/h8-9H,4-7H2,1-3H3. The zero-order chi connectivity index (χ0) is 7.56. The van der Waals surface area contributed by atoms with Crippen LogP contribution in [0, 0.1) is 5.92 Å². The number of hydrogen-bond donors (Lipinski definition) is 0. The first kappa shape index (κ1) is 8.06. The largest absolute Gasteiger partial charge is 0.300 e. The molecule has 0 bridgehead atoms. The highest BCUT2D eigenvalue weighted by molar-refractivity contribution is 4.80. The van der Waals surface area contributed by atoms with Crippen molar-refractivity contribution in [2.24, 2.45) is 5.92 Å². The van der Waals surface area contributed by atoms with E-state index in [0.717, 1.165) is 12.0 Å². The second-order valence-corrected chi connectivity index (χ2v) is 3.54. The molecule has 1 saturated heterocycles. The number of likely N-dealkylation sites (tertiary alicyclic amines) is 1. The minimum absolute atomic E-state index is 0.833. The Bertz CT molecular complexity index is 98.9. The Labute approximate surface area is 64.4 Å². The molecule has 0 saturated carbocycles. The highest BCUT2D eigenvalue weighted by atomic mass is 15.2. The summed E-state index contributed by atoms with van der Waals surface area (Å²) >= 11 is 0. The van der Waals surface area contributed by atoms with Gasteiger partial charge in [-0.2, -0.15) is 0 Å². The Morgan fingerprint density at radius 1 is 1.40 bits per heavy atom. The molecule has 0 spiro atoms. The van der Waals surface area contributed by atoms with E-state index in [-0.39, 0.29) is 0 Å². The summed E-state index contributed by atoms with van der Waals surface area (Å²) in [6.07, 6.45) is 2.71. The number of hydrogen-bond acceptors (Lipinski definition) is 1. The van der Waals surface area contributed by atoms with Crippen molar-refractivity contribution in [1.82, 2.24) is 4.90 Å². The maximum atomic E-state index is 2.60. The predicted molar refractivity (Wildman–Crippen MR) is 45.1 cm³/mol. The minimum atomic E-state index is 0.833. The maximum Gasteiger partial charge on any atom is 0.00930 e. The van der Waals surface area contributed by atoms with Crippen LogP contribution in [-0.2, 0) is 0 Å². The van der Waals surface area contributed by atoms with E-state index in [1.165, 1.54) is 25.9 Å². The quantitative estimate of drug-likeness (QED) is 0.569. The normalized spacial score (nSPS) is 35.1. The summed E-state index contributed by atoms with van der Waals surface area (Å²) in [5.41, 5.74) is 0.